The molecule has 1 fully saturated rings. The molecule has 0 spiro atoms. The maximum absolute atomic E-state index is 3.60. The Balaban J connectivity index is 2.02. The molecular weight excluding hydrogens is 276 g/mol. The van der Waals surface area contributed by atoms with Gasteiger partial charge in [0, 0.05) is 40.5 Å². The van der Waals surface area contributed by atoms with Crippen molar-refractivity contribution < 1.29 is 0 Å². The molecule has 0 bridgehead atoms. The van der Waals surface area contributed by atoms with Crippen LogP contribution in [0.2, 0.25) is 0 Å². The first-order valence-corrected chi connectivity index (χ1v) is 9.20. The Labute approximate surface area is 134 Å². The molecular formula is C18H32N2S. The summed E-state index contributed by atoms with van der Waals surface area (Å²) in [5.74, 6) is 0. The van der Waals surface area contributed by atoms with Crippen molar-refractivity contribution in [2.45, 2.75) is 91.5 Å². The number of hydrogen-bond donors (Lipinski definition) is 1. The Morgan fingerprint density at radius 2 is 2.05 bits per heavy atom. The minimum absolute atomic E-state index is 0.189. The van der Waals surface area contributed by atoms with Gasteiger partial charge in [-0.2, -0.15) is 0 Å². The predicted molar refractivity (Wildman–Crippen MR) is 94.0 cm³/mol. The molecule has 2 heterocycles. The van der Waals surface area contributed by atoms with E-state index < -0.39 is 0 Å². The second-order valence-corrected chi connectivity index (χ2v) is 8.90. The van der Waals surface area contributed by atoms with E-state index in [4.69, 9.17) is 0 Å². The first-order chi connectivity index (χ1) is 9.80. The summed E-state index contributed by atoms with van der Waals surface area (Å²) >= 11 is 1.96. The Morgan fingerprint density at radius 3 is 2.67 bits per heavy atom. The van der Waals surface area contributed by atoms with Gasteiger partial charge < -0.3 is 5.32 Å². The molecule has 1 aromatic heterocycles. The van der Waals surface area contributed by atoms with Crippen LogP contribution < -0.4 is 5.32 Å². The van der Waals surface area contributed by atoms with E-state index in [-0.39, 0.29) is 5.54 Å². The average molecular weight is 309 g/mol. The van der Waals surface area contributed by atoms with Crippen LogP contribution in [0.5, 0.6) is 0 Å². The summed E-state index contributed by atoms with van der Waals surface area (Å²) in [6, 6.07) is 3.96. The van der Waals surface area contributed by atoms with Gasteiger partial charge >= 0.3 is 0 Å². The largest absolute Gasteiger partial charge is 0.307 e. The third kappa shape index (κ3) is 4.54. The summed E-state index contributed by atoms with van der Waals surface area (Å²) in [6.07, 6.45) is 4.02. The van der Waals surface area contributed by atoms with E-state index in [1.54, 1.807) is 0 Å². The van der Waals surface area contributed by atoms with Crippen LogP contribution in [0.1, 0.15) is 69.2 Å². The van der Waals surface area contributed by atoms with Gasteiger partial charge in [-0.05, 0) is 65.5 Å². The van der Waals surface area contributed by atoms with Crippen LogP contribution in [0.25, 0.3) is 0 Å². The lowest BCUT2D eigenvalue weighted by atomic mass is 10.1. The average Bonchev–Trinajstić information content (AvgIpc) is 2.92. The van der Waals surface area contributed by atoms with E-state index in [0.29, 0.717) is 0 Å². The van der Waals surface area contributed by atoms with Crippen LogP contribution in [0.15, 0.2) is 6.07 Å². The number of thiophene rings is 1. The minimum atomic E-state index is 0.189. The highest BCUT2D eigenvalue weighted by Crippen LogP contribution is 2.31. The number of hydrogen-bond acceptors (Lipinski definition) is 3. The first-order valence-electron chi connectivity index (χ1n) is 8.39. The van der Waals surface area contributed by atoms with Crippen LogP contribution in [-0.4, -0.2) is 22.5 Å². The maximum Gasteiger partial charge on any atom is 0.0304 e. The lowest BCUT2D eigenvalue weighted by Gasteiger charge is -2.27. The fourth-order valence-electron chi connectivity index (χ4n) is 3.23. The van der Waals surface area contributed by atoms with Gasteiger partial charge in [0.2, 0.25) is 0 Å². The summed E-state index contributed by atoms with van der Waals surface area (Å²) in [5, 5.41) is 3.60. The summed E-state index contributed by atoms with van der Waals surface area (Å²) < 4.78 is 0. The Kier molecular flexibility index (Phi) is 5.50. The van der Waals surface area contributed by atoms with Crippen molar-refractivity contribution in [3.63, 3.8) is 0 Å². The monoisotopic (exact) mass is 308 g/mol. The molecule has 120 valence electrons. The van der Waals surface area contributed by atoms with Crippen molar-refractivity contribution in [2.75, 3.05) is 0 Å². The Hall–Kier alpha value is -0.380. The zero-order valence-corrected chi connectivity index (χ0v) is 15.4. The molecule has 1 aromatic rings. The Bertz CT molecular complexity index is 458. The molecule has 21 heavy (non-hydrogen) atoms. The molecule has 0 aliphatic carbocycles. The van der Waals surface area contributed by atoms with E-state index in [1.807, 2.05) is 11.3 Å². The topological polar surface area (TPSA) is 15.3 Å². The molecule has 2 atom stereocenters. The van der Waals surface area contributed by atoms with Crippen LogP contribution >= 0.6 is 11.3 Å². The minimum Gasteiger partial charge on any atom is -0.307 e. The van der Waals surface area contributed by atoms with E-state index >= 15 is 0 Å². The zero-order chi connectivity index (χ0) is 15.6. The molecule has 2 rings (SSSR count). The zero-order valence-electron chi connectivity index (χ0n) is 14.6. The molecule has 1 aliphatic heterocycles. The van der Waals surface area contributed by atoms with Crippen molar-refractivity contribution in [1.82, 2.24) is 10.2 Å². The van der Waals surface area contributed by atoms with Crippen molar-refractivity contribution in [3.8, 4) is 0 Å². The van der Waals surface area contributed by atoms with E-state index in [0.717, 1.165) is 25.2 Å². The van der Waals surface area contributed by atoms with Gasteiger partial charge in [-0.3, -0.25) is 4.90 Å². The smallest absolute Gasteiger partial charge is 0.0304 e. The summed E-state index contributed by atoms with van der Waals surface area (Å²) in [6.45, 7) is 15.8. The van der Waals surface area contributed by atoms with Gasteiger partial charge in [-0.25, -0.2) is 0 Å². The highest BCUT2D eigenvalue weighted by atomic mass is 32.1. The number of rotatable bonds is 5. The second kappa shape index (κ2) is 6.80. The molecule has 0 radical (unpaired) electrons. The summed E-state index contributed by atoms with van der Waals surface area (Å²) in [7, 11) is 0. The quantitative estimate of drug-likeness (QED) is 0.847. The molecule has 0 saturated carbocycles. The number of likely N-dealkylation sites (tertiary alicyclic amines) is 1. The number of nitrogens with one attached hydrogen (secondary N) is 1. The highest BCUT2D eigenvalue weighted by Gasteiger charge is 2.29. The lowest BCUT2D eigenvalue weighted by molar-refractivity contribution is 0.189. The molecule has 1 saturated heterocycles. The highest BCUT2D eigenvalue weighted by molar-refractivity contribution is 7.12. The predicted octanol–water partition coefficient (Wildman–Crippen LogP) is 4.71. The molecule has 1 aliphatic rings. The van der Waals surface area contributed by atoms with Crippen LogP contribution in [0.3, 0.4) is 0 Å². The molecule has 2 nitrogen and oxygen atoms in total. The van der Waals surface area contributed by atoms with Gasteiger partial charge in [-0.1, -0.05) is 6.92 Å². The standard InChI is InChI=1S/C18H32N2S/c1-7-16-9-8-13(2)20(16)12-15-10-17(21-14(15)3)11-19-18(4,5)6/h10,13,16,19H,7-9,11-12H2,1-6H3. The SMILES string of the molecule is CCC1CCC(C)N1Cc1cc(CNC(C)(C)C)sc1C. The van der Waals surface area contributed by atoms with E-state index in [2.05, 4.69) is 57.8 Å². The van der Waals surface area contributed by atoms with Crippen LogP contribution in [-0.2, 0) is 13.1 Å². The van der Waals surface area contributed by atoms with Crippen LogP contribution in [0, 0.1) is 6.92 Å². The molecule has 1 N–H and O–H groups in total. The van der Waals surface area contributed by atoms with Gasteiger partial charge in [0.1, 0.15) is 0 Å². The van der Waals surface area contributed by atoms with Gasteiger partial charge in [0.05, 0.1) is 0 Å². The first kappa shape index (κ1) is 17.0. The molecule has 3 heteroatoms. The lowest BCUT2D eigenvalue weighted by Crippen LogP contribution is -2.34. The van der Waals surface area contributed by atoms with E-state index in [1.165, 1.54) is 34.6 Å². The van der Waals surface area contributed by atoms with Crippen molar-refractivity contribution in [1.29, 1.82) is 0 Å². The van der Waals surface area contributed by atoms with Gasteiger partial charge in [-0.15, -0.1) is 11.3 Å². The van der Waals surface area contributed by atoms with E-state index in [9.17, 15) is 0 Å². The van der Waals surface area contributed by atoms with Crippen LogP contribution in [0.4, 0.5) is 0 Å². The molecule has 0 aromatic carbocycles. The molecule has 0 amide bonds. The fourth-order valence-corrected chi connectivity index (χ4v) is 4.22. The summed E-state index contributed by atoms with van der Waals surface area (Å²) in [5.41, 5.74) is 1.73. The van der Waals surface area contributed by atoms with Crippen molar-refractivity contribution in [2.24, 2.45) is 0 Å². The third-order valence-corrected chi connectivity index (χ3v) is 5.73. The summed E-state index contributed by atoms with van der Waals surface area (Å²) in [4.78, 5) is 5.68. The third-order valence-electron chi connectivity index (χ3n) is 4.64. The van der Waals surface area contributed by atoms with Crippen molar-refractivity contribution >= 4 is 11.3 Å². The fraction of sp³-hybridized carbons (Fsp3) is 0.778. The normalized spacial score (nSPS) is 23.9. The van der Waals surface area contributed by atoms with Gasteiger partial charge in [0.25, 0.3) is 0 Å². The second-order valence-electron chi connectivity index (χ2n) is 7.56. The number of nitrogens with zero attached hydrogens (tertiary/aromatic N) is 1. The van der Waals surface area contributed by atoms with Gasteiger partial charge in [0.15, 0.2) is 0 Å². The maximum atomic E-state index is 3.60. The number of aryl methyl sites for hydroxylation is 1. The molecule has 2 unspecified atom stereocenters. The Morgan fingerprint density at radius 1 is 1.33 bits per heavy atom. The van der Waals surface area contributed by atoms with Crippen molar-refractivity contribution in [3.05, 3.63) is 21.4 Å².